The molecule has 1 heterocycles. The number of rotatable bonds is 3. The van der Waals surface area contributed by atoms with Crippen molar-refractivity contribution in [2.75, 3.05) is 0 Å². The fourth-order valence-corrected chi connectivity index (χ4v) is 2.35. The third kappa shape index (κ3) is 2.82. The molecule has 0 aliphatic carbocycles. The lowest BCUT2D eigenvalue weighted by molar-refractivity contribution is 0.475. The van der Waals surface area contributed by atoms with Crippen LogP contribution in [0.3, 0.4) is 0 Å². The van der Waals surface area contributed by atoms with Crippen molar-refractivity contribution in [3.8, 4) is 28.7 Å². The van der Waals surface area contributed by atoms with Gasteiger partial charge in [0, 0.05) is 11.1 Å². The van der Waals surface area contributed by atoms with Crippen LogP contribution in [0, 0.1) is 0 Å². The van der Waals surface area contributed by atoms with Crippen molar-refractivity contribution >= 4 is 10.2 Å². The molecule has 8 heteroatoms. The van der Waals surface area contributed by atoms with Gasteiger partial charge in [-0.05, 0) is 42.5 Å². The van der Waals surface area contributed by atoms with Gasteiger partial charge in [-0.15, -0.1) is 14.1 Å². The maximum atomic E-state index is 13.0. The molecular formula is C14H9FN2O4S. The van der Waals surface area contributed by atoms with E-state index in [1.807, 2.05) is 0 Å². The fraction of sp³-hybridized carbons (Fsp3) is 0. The van der Waals surface area contributed by atoms with Gasteiger partial charge < -0.3 is 9.52 Å². The number of hydrogen-bond donors (Lipinski definition) is 1. The zero-order valence-electron chi connectivity index (χ0n) is 11.0. The van der Waals surface area contributed by atoms with E-state index in [1.165, 1.54) is 24.3 Å². The van der Waals surface area contributed by atoms with Crippen LogP contribution in [-0.2, 0) is 10.2 Å². The number of hydrogen-bond acceptors (Lipinski definition) is 6. The summed E-state index contributed by atoms with van der Waals surface area (Å²) in [6.45, 7) is 0. The largest absolute Gasteiger partial charge is 0.508 e. The van der Waals surface area contributed by atoms with Gasteiger partial charge in [0.05, 0.1) is 4.90 Å². The molecule has 0 atom stereocenters. The van der Waals surface area contributed by atoms with Gasteiger partial charge in [0.2, 0.25) is 11.8 Å². The lowest BCUT2D eigenvalue weighted by Gasteiger charge is -1.98. The highest BCUT2D eigenvalue weighted by Crippen LogP contribution is 2.26. The minimum Gasteiger partial charge on any atom is -0.508 e. The SMILES string of the molecule is O=S(=O)(F)c1cccc(-c2nnc(-c3ccc(O)cc3)o2)c1. The van der Waals surface area contributed by atoms with Crippen molar-refractivity contribution in [2.45, 2.75) is 4.90 Å². The van der Waals surface area contributed by atoms with Crippen LogP contribution in [0.1, 0.15) is 0 Å². The van der Waals surface area contributed by atoms with Gasteiger partial charge in [0.25, 0.3) is 0 Å². The molecule has 1 N–H and O–H groups in total. The first-order valence-electron chi connectivity index (χ1n) is 6.11. The fourth-order valence-electron chi connectivity index (χ4n) is 1.84. The second-order valence-electron chi connectivity index (χ2n) is 4.42. The highest BCUT2D eigenvalue weighted by atomic mass is 32.3. The molecule has 0 fully saturated rings. The number of phenols is 1. The summed E-state index contributed by atoms with van der Waals surface area (Å²) < 4.78 is 40.3. The van der Waals surface area contributed by atoms with E-state index >= 15 is 0 Å². The van der Waals surface area contributed by atoms with Crippen LogP contribution in [0.25, 0.3) is 22.9 Å². The van der Waals surface area contributed by atoms with E-state index in [2.05, 4.69) is 10.2 Å². The van der Waals surface area contributed by atoms with Crippen molar-refractivity contribution in [3.05, 3.63) is 48.5 Å². The molecule has 22 heavy (non-hydrogen) atoms. The Morgan fingerprint density at radius 3 is 2.23 bits per heavy atom. The van der Waals surface area contributed by atoms with Crippen LogP contribution < -0.4 is 0 Å². The minimum atomic E-state index is -4.80. The van der Waals surface area contributed by atoms with Crippen molar-refractivity contribution in [1.82, 2.24) is 10.2 Å². The highest BCUT2D eigenvalue weighted by Gasteiger charge is 2.15. The monoisotopic (exact) mass is 320 g/mol. The molecule has 112 valence electrons. The Kier molecular flexibility index (Phi) is 3.38. The first-order valence-corrected chi connectivity index (χ1v) is 7.50. The molecule has 0 unspecified atom stereocenters. The molecule has 6 nitrogen and oxygen atoms in total. The van der Waals surface area contributed by atoms with Crippen LogP contribution in [0.2, 0.25) is 0 Å². The van der Waals surface area contributed by atoms with Crippen LogP contribution in [0.15, 0.2) is 57.8 Å². The summed E-state index contributed by atoms with van der Waals surface area (Å²) >= 11 is 0. The smallest absolute Gasteiger partial charge is 0.332 e. The van der Waals surface area contributed by atoms with Gasteiger partial charge >= 0.3 is 10.2 Å². The van der Waals surface area contributed by atoms with Crippen LogP contribution >= 0.6 is 0 Å². The molecule has 2 aromatic carbocycles. The Morgan fingerprint density at radius 1 is 0.955 bits per heavy atom. The average Bonchev–Trinajstić information content (AvgIpc) is 2.97. The maximum Gasteiger partial charge on any atom is 0.332 e. The normalized spacial score (nSPS) is 11.5. The summed E-state index contributed by atoms with van der Waals surface area (Å²) in [6.07, 6.45) is 0. The average molecular weight is 320 g/mol. The van der Waals surface area contributed by atoms with Gasteiger partial charge in [-0.25, -0.2) is 0 Å². The van der Waals surface area contributed by atoms with Gasteiger partial charge in [-0.1, -0.05) is 6.07 Å². The number of benzene rings is 2. The Balaban J connectivity index is 1.99. The number of aromatic nitrogens is 2. The van der Waals surface area contributed by atoms with E-state index in [4.69, 9.17) is 4.42 Å². The molecule has 0 bridgehead atoms. The summed E-state index contributed by atoms with van der Waals surface area (Å²) in [6, 6.07) is 11.3. The van der Waals surface area contributed by atoms with Crippen LogP contribution in [0.5, 0.6) is 5.75 Å². The maximum absolute atomic E-state index is 13.0. The standard InChI is InChI=1S/C14H9FN2O4S/c15-22(19,20)12-3-1-2-10(8-12)14-17-16-13(21-14)9-4-6-11(18)7-5-9/h1-8,18H. The topological polar surface area (TPSA) is 93.3 Å². The quantitative estimate of drug-likeness (QED) is 0.746. The van der Waals surface area contributed by atoms with E-state index in [0.717, 1.165) is 12.1 Å². The van der Waals surface area contributed by atoms with Gasteiger partial charge in [-0.2, -0.15) is 8.42 Å². The molecule has 0 amide bonds. The van der Waals surface area contributed by atoms with Gasteiger partial charge in [-0.3, -0.25) is 0 Å². The molecule has 0 radical (unpaired) electrons. The Labute approximate surface area is 125 Å². The van der Waals surface area contributed by atoms with E-state index in [1.54, 1.807) is 12.1 Å². The summed E-state index contributed by atoms with van der Waals surface area (Å²) in [4.78, 5) is -0.477. The van der Waals surface area contributed by atoms with E-state index in [9.17, 15) is 17.4 Å². The summed E-state index contributed by atoms with van der Waals surface area (Å²) in [5, 5.41) is 16.9. The Bertz CT molecular complexity index is 920. The van der Waals surface area contributed by atoms with E-state index in [-0.39, 0.29) is 23.1 Å². The Morgan fingerprint density at radius 2 is 1.59 bits per heavy atom. The number of aromatic hydroxyl groups is 1. The van der Waals surface area contributed by atoms with Crippen LogP contribution in [0.4, 0.5) is 3.89 Å². The lowest BCUT2D eigenvalue weighted by atomic mass is 10.2. The first kappa shape index (κ1) is 14.2. The molecular weight excluding hydrogens is 311 g/mol. The zero-order valence-corrected chi connectivity index (χ0v) is 11.8. The second-order valence-corrected chi connectivity index (χ2v) is 5.77. The summed E-state index contributed by atoms with van der Waals surface area (Å²) in [5.41, 5.74) is 0.877. The zero-order chi connectivity index (χ0) is 15.7. The molecule has 0 aliphatic rings. The summed E-state index contributed by atoms with van der Waals surface area (Å²) in [7, 11) is -4.80. The van der Waals surface area contributed by atoms with E-state index < -0.39 is 15.1 Å². The molecule has 3 aromatic rings. The molecule has 0 aliphatic heterocycles. The predicted octanol–water partition coefficient (Wildman–Crippen LogP) is 2.77. The molecule has 1 aromatic heterocycles. The second kappa shape index (κ2) is 5.23. The van der Waals surface area contributed by atoms with Gasteiger partial charge in [0.15, 0.2) is 0 Å². The summed E-state index contributed by atoms with van der Waals surface area (Å²) in [5.74, 6) is 0.362. The number of nitrogens with zero attached hydrogens (tertiary/aromatic N) is 2. The van der Waals surface area contributed by atoms with Gasteiger partial charge in [0.1, 0.15) is 5.75 Å². The van der Waals surface area contributed by atoms with Crippen molar-refractivity contribution in [3.63, 3.8) is 0 Å². The lowest BCUT2D eigenvalue weighted by Crippen LogP contribution is -1.92. The molecule has 3 rings (SSSR count). The van der Waals surface area contributed by atoms with Crippen molar-refractivity contribution in [1.29, 1.82) is 0 Å². The third-order valence-corrected chi connectivity index (χ3v) is 3.72. The molecule has 0 saturated carbocycles. The van der Waals surface area contributed by atoms with E-state index in [0.29, 0.717) is 5.56 Å². The molecule has 0 spiro atoms. The highest BCUT2D eigenvalue weighted by molar-refractivity contribution is 7.86. The molecule has 0 saturated heterocycles. The first-order chi connectivity index (χ1) is 10.4. The third-order valence-electron chi connectivity index (χ3n) is 2.90. The number of halogens is 1. The van der Waals surface area contributed by atoms with Crippen LogP contribution in [-0.4, -0.2) is 23.7 Å². The Hall–Kier alpha value is -2.74. The number of phenolic OH excluding ortho intramolecular Hbond substituents is 1. The predicted molar refractivity (Wildman–Crippen MR) is 75.1 cm³/mol. The van der Waals surface area contributed by atoms with Crippen molar-refractivity contribution < 1.29 is 21.8 Å². The minimum absolute atomic E-state index is 0.0635. The van der Waals surface area contributed by atoms with Crippen molar-refractivity contribution in [2.24, 2.45) is 0 Å².